The Balaban J connectivity index is 2.27. The molecule has 6 heteroatoms. The van der Waals surface area contributed by atoms with Gasteiger partial charge in [-0.05, 0) is 31.0 Å². The van der Waals surface area contributed by atoms with E-state index in [-0.39, 0.29) is 0 Å². The highest BCUT2D eigenvalue weighted by molar-refractivity contribution is 6.31. The topological polar surface area (TPSA) is 73.1 Å². The van der Waals surface area contributed by atoms with Crippen LogP contribution in [0.2, 0.25) is 5.02 Å². The second-order valence-electron chi connectivity index (χ2n) is 4.33. The number of benzene rings is 1. The van der Waals surface area contributed by atoms with Gasteiger partial charge in [0.2, 0.25) is 5.88 Å². The van der Waals surface area contributed by atoms with Crippen molar-refractivity contribution in [2.24, 2.45) is 0 Å². The third kappa shape index (κ3) is 3.11. The lowest BCUT2D eigenvalue weighted by Gasteiger charge is -2.13. The van der Waals surface area contributed by atoms with Crippen LogP contribution >= 0.6 is 11.6 Å². The fourth-order valence-electron chi connectivity index (χ4n) is 1.66. The normalized spacial score (nSPS) is 10.3. The van der Waals surface area contributed by atoms with E-state index in [2.05, 4.69) is 15.3 Å². The Morgan fingerprint density at radius 1 is 1.35 bits per heavy atom. The molecule has 0 spiro atoms. The molecule has 3 N–H and O–H groups in total. The van der Waals surface area contributed by atoms with E-state index < -0.39 is 0 Å². The summed E-state index contributed by atoms with van der Waals surface area (Å²) in [5, 5.41) is 3.84. The lowest BCUT2D eigenvalue weighted by molar-refractivity contribution is 0.307. The number of ether oxygens (including phenoxy) is 1. The van der Waals surface area contributed by atoms with E-state index in [0.717, 1.165) is 17.7 Å². The van der Waals surface area contributed by atoms with E-state index in [4.69, 9.17) is 22.1 Å². The van der Waals surface area contributed by atoms with Crippen molar-refractivity contribution in [3.8, 4) is 5.88 Å². The van der Waals surface area contributed by atoms with Gasteiger partial charge in [0.1, 0.15) is 12.0 Å². The minimum absolute atomic E-state index is 0.389. The smallest absolute Gasteiger partial charge is 0.242 e. The van der Waals surface area contributed by atoms with Crippen LogP contribution in [0.3, 0.4) is 0 Å². The number of nitrogens with zero attached hydrogens (tertiary/aromatic N) is 2. The second kappa shape index (κ2) is 6.43. The summed E-state index contributed by atoms with van der Waals surface area (Å²) in [5.74, 6) is 0.903. The van der Waals surface area contributed by atoms with Gasteiger partial charge in [0.05, 0.1) is 6.61 Å². The standard InChI is InChI=1S/C14H17ClN4O/c1-3-7-20-14-12(16)13(17-8-18-14)19-11-6-4-5-10(15)9(11)2/h4-6,8H,3,7,16H2,1-2H3,(H,17,18,19). The third-order valence-corrected chi connectivity index (χ3v) is 3.22. The fraction of sp³-hybridized carbons (Fsp3) is 0.286. The van der Waals surface area contributed by atoms with Crippen LogP contribution in [-0.2, 0) is 0 Å². The van der Waals surface area contributed by atoms with Gasteiger partial charge in [0, 0.05) is 10.7 Å². The van der Waals surface area contributed by atoms with Gasteiger partial charge in [-0.2, -0.15) is 4.98 Å². The van der Waals surface area contributed by atoms with Crippen molar-refractivity contribution in [3.05, 3.63) is 35.1 Å². The molecule has 0 bridgehead atoms. The average molecular weight is 293 g/mol. The van der Waals surface area contributed by atoms with Crippen molar-refractivity contribution >= 4 is 28.8 Å². The molecule has 2 rings (SSSR count). The number of anilines is 3. The zero-order valence-corrected chi connectivity index (χ0v) is 12.2. The molecule has 0 amide bonds. The molecular formula is C14H17ClN4O. The predicted molar refractivity (Wildman–Crippen MR) is 81.7 cm³/mol. The molecule has 0 aliphatic rings. The lowest BCUT2D eigenvalue weighted by atomic mass is 10.2. The molecule has 1 aromatic heterocycles. The number of halogens is 1. The molecule has 0 unspecified atom stereocenters. The van der Waals surface area contributed by atoms with Crippen LogP contribution in [0.15, 0.2) is 24.5 Å². The maximum absolute atomic E-state index is 6.09. The Labute approximate surface area is 123 Å². The number of nitrogens with one attached hydrogen (secondary N) is 1. The van der Waals surface area contributed by atoms with Crippen LogP contribution in [0.5, 0.6) is 5.88 Å². The predicted octanol–water partition coefficient (Wildman–Crippen LogP) is 3.55. The van der Waals surface area contributed by atoms with E-state index in [1.54, 1.807) is 0 Å². The Bertz CT molecular complexity index is 604. The van der Waals surface area contributed by atoms with E-state index in [0.29, 0.717) is 29.0 Å². The second-order valence-corrected chi connectivity index (χ2v) is 4.73. The Hall–Kier alpha value is -2.01. The summed E-state index contributed by atoms with van der Waals surface area (Å²) in [7, 11) is 0. The van der Waals surface area contributed by atoms with Crippen molar-refractivity contribution < 1.29 is 4.74 Å². The molecule has 0 saturated heterocycles. The maximum Gasteiger partial charge on any atom is 0.242 e. The number of aromatic nitrogens is 2. The van der Waals surface area contributed by atoms with Crippen molar-refractivity contribution in [1.29, 1.82) is 0 Å². The molecule has 0 saturated carbocycles. The summed E-state index contributed by atoms with van der Waals surface area (Å²) in [6.07, 6.45) is 2.31. The third-order valence-electron chi connectivity index (χ3n) is 2.81. The van der Waals surface area contributed by atoms with Crippen LogP contribution in [0, 0.1) is 6.92 Å². The van der Waals surface area contributed by atoms with E-state index >= 15 is 0 Å². The SMILES string of the molecule is CCCOc1ncnc(Nc2cccc(Cl)c2C)c1N. The molecule has 0 aliphatic carbocycles. The Morgan fingerprint density at radius 2 is 2.15 bits per heavy atom. The average Bonchev–Trinajstić information content (AvgIpc) is 2.44. The van der Waals surface area contributed by atoms with Crippen LogP contribution in [0.1, 0.15) is 18.9 Å². The first kappa shape index (κ1) is 14.4. The quantitative estimate of drug-likeness (QED) is 0.881. The molecule has 2 aromatic rings. The summed E-state index contributed by atoms with van der Waals surface area (Å²) in [6.45, 7) is 4.51. The first-order valence-electron chi connectivity index (χ1n) is 6.39. The summed E-state index contributed by atoms with van der Waals surface area (Å²) in [6, 6.07) is 5.61. The van der Waals surface area contributed by atoms with Crippen molar-refractivity contribution in [1.82, 2.24) is 9.97 Å². The van der Waals surface area contributed by atoms with Crippen LogP contribution in [-0.4, -0.2) is 16.6 Å². The van der Waals surface area contributed by atoms with Crippen LogP contribution in [0.4, 0.5) is 17.2 Å². The fourth-order valence-corrected chi connectivity index (χ4v) is 1.84. The summed E-state index contributed by atoms with van der Waals surface area (Å²) < 4.78 is 5.48. The number of hydrogen-bond acceptors (Lipinski definition) is 5. The summed E-state index contributed by atoms with van der Waals surface area (Å²) in [5.41, 5.74) is 8.19. The minimum atomic E-state index is 0.389. The molecule has 106 valence electrons. The Kier molecular flexibility index (Phi) is 4.63. The van der Waals surface area contributed by atoms with Gasteiger partial charge in [0.15, 0.2) is 5.82 Å². The number of rotatable bonds is 5. The Morgan fingerprint density at radius 3 is 2.90 bits per heavy atom. The number of nitrogen functional groups attached to an aromatic ring is 1. The van der Waals surface area contributed by atoms with Crippen LogP contribution in [0.25, 0.3) is 0 Å². The van der Waals surface area contributed by atoms with Crippen molar-refractivity contribution in [2.45, 2.75) is 20.3 Å². The van der Waals surface area contributed by atoms with Gasteiger partial charge < -0.3 is 15.8 Å². The van der Waals surface area contributed by atoms with Crippen LogP contribution < -0.4 is 15.8 Å². The molecular weight excluding hydrogens is 276 g/mol. The largest absolute Gasteiger partial charge is 0.476 e. The molecule has 20 heavy (non-hydrogen) atoms. The monoisotopic (exact) mass is 292 g/mol. The molecule has 0 radical (unpaired) electrons. The molecule has 1 aromatic carbocycles. The van der Waals surface area contributed by atoms with Gasteiger partial charge in [0.25, 0.3) is 0 Å². The minimum Gasteiger partial charge on any atom is -0.476 e. The zero-order chi connectivity index (χ0) is 14.5. The van der Waals surface area contributed by atoms with Gasteiger partial charge in [-0.25, -0.2) is 4.98 Å². The van der Waals surface area contributed by atoms with E-state index in [9.17, 15) is 0 Å². The summed E-state index contributed by atoms with van der Waals surface area (Å²) in [4.78, 5) is 8.18. The maximum atomic E-state index is 6.09. The highest BCUT2D eigenvalue weighted by Crippen LogP contribution is 2.30. The van der Waals surface area contributed by atoms with Gasteiger partial charge in [-0.15, -0.1) is 0 Å². The molecule has 0 fully saturated rings. The first-order valence-corrected chi connectivity index (χ1v) is 6.76. The van der Waals surface area contributed by atoms with Gasteiger partial charge in [-0.1, -0.05) is 24.6 Å². The highest BCUT2D eigenvalue weighted by Gasteiger charge is 2.11. The van der Waals surface area contributed by atoms with Crippen molar-refractivity contribution in [2.75, 3.05) is 17.7 Å². The lowest BCUT2D eigenvalue weighted by Crippen LogP contribution is -2.06. The number of nitrogens with two attached hydrogens (primary N) is 1. The van der Waals surface area contributed by atoms with E-state index in [1.165, 1.54) is 6.33 Å². The highest BCUT2D eigenvalue weighted by atomic mass is 35.5. The van der Waals surface area contributed by atoms with Gasteiger partial charge >= 0.3 is 0 Å². The molecule has 1 heterocycles. The molecule has 5 nitrogen and oxygen atoms in total. The molecule has 0 atom stereocenters. The van der Waals surface area contributed by atoms with Gasteiger partial charge in [-0.3, -0.25) is 0 Å². The zero-order valence-electron chi connectivity index (χ0n) is 11.5. The summed E-state index contributed by atoms with van der Waals surface area (Å²) >= 11 is 6.09. The number of hydrogen-bond donors (Lipinski definition) is 2. The first-order chi connectivity index (χ1) is 9.63. The van der Waals surface area contributed by atoms with Crippen molar-refractivity contribution in [3.63, 3.8) is 0 Å². The van der Waals surface area contributed by atoms with E-state index in [1.807, 2.05) is 32.0 Å². The molecule has 0 aliphatic heterocycles.